The minimum Gasteiger partial charge on any atom is -0.397 e. The molecule has 0 saturated carbocycles. The van der Waals surface area contributed by atoms with Gasteiger partial charge < -0.3 is 15.6 Å². The van der Waals surface area contributed by atoms with Crippen molar-refractivity contribution in [1.82, 2.24) is 4.72 Å². The van der Waals surface area contributed by atoms with E-state index in [9.17, 15) is 13.5 Å². The summed E-state index contributed by atoms with van der Waals surface area (Å²) in [5.41, 5.74) is 7.32. The number of sulfonamides is 1. The fourth-order valence-corrected chi connectivity index (χ4v) is 3.19. The first-order chi connectivity index (χ1) is 8.79. The summed E-state index contributed by atoms with van der Waals surface area (Å²) in [5, 5.41) is 9.47. The molecule has 0 heterocycles. The van der Waals surface area contributed by atoms with Gasteiger partial charge in [-0.2, -0.15) is 0 Å². The fraction of sp³-hybridized carbons (Fsp3) is 0.500. The molecule has 108 valence electrons. The molecule has 0 spiro atoms. The average molecular weight is 288 g/mol. The summed E-state index contributed by atoms with van der Waals surface area (Å²) < 4.78 is 31.4. The summed E-state index contributed by atoms with van der Waals surface area (Å²) in [5.74, 6) is 0. The first kappa shape index (κ1) is 15.9. The standard InChI is InChI=1S/C12H20N2O4S/c1-8-4-5-9(2)12(11(8)13)19(16,17)14-6-10(15)7-18-3/h4-5,10,14-15H,6-7,13H2,1-3H3. The third-order valence-corrected chi connectivity index (χ3v) is 4.37. The van der Waals surface area contributed by atoms with Crippen molar-refractivity contribution in [2.75, 3.05) is 26.0 Å². The minimum absolute atomic E-state index is 0.0603. The summed E-state index contributed by atoms with van der Waals surface area (Å²) in [7, 11) is -2.32. The molecule has 1 unspecified atom stereocenters. The van der Waals surface area contributed by atoms with Gasteiger partial charge in [-0.25, -0.2) is 13.1 Å². The van der Waals surface area contributed by atoms with E-state index in [1.54, 1.807) is 26.0 Å². The maximum absolute atomic E-state index is 12.2. The van der Waals surface area contributed by atoms with Gasteiger partial charge in [0.2, 0.25) is 10.0 Å². The topological polar surface area (TPSA) is 102 Å². The lowest BCUT2D eigenvalue weighted by atomic mass is 10.1. The maximum Gasteiger partial charge on any atom is 0.242 e. The van der Waals surface area contributed by atoms with Gasteiger partial charge in [-0.1, -0.05) is 12.1 Å². The number of nitrogens with one attached hydrogen (secondary N) is 1. The number of hydrogen-bond donors (Lipinski definition) is 3. The van der Waals surface area contributed by atoms with Crippen molar-refractivity contribution in [2.24, 2.45) is 0 Å². The van der Waals surface area contributed by atoms with Crippen LogP contribution < -0.4 is 10.5 Å². The number of nitrogen functional groups attached to an aromatic ring is 1. The minimum atomic E-state index is -3.75. The molecule has 1 aromatic carbocycles. The van der Waals surface area contributed by atoms with Gasteiger partial charge in [0.25, 0.3) is 0 Å². The van der Waals surface area contributed by atoms with Gasteiger partial charge in [-0.3, -0.25) is 0 Å². The molecule has 19 heavy (non-hydrogen) atoms. The Balaban J connectivity index is 2.98. The van der Waals surface area contributed by atoms with Crippen LogP contribution in [-0.2, 0) is 14.8 Å². The van der Waals surface area contributed by atoms with Gasteiger partial charge in [0.05, 0.1) is 18.4 Å². The summed E-state index contributed by atoms with van der Waals surface area (Å²) in [4.78, 5) is 0.0668. The van der Waals surface area contributed by atoms with E-state index in [0.29, 0.717) is 11.1 Å². The van der Waals surface area contributed by atoms with E-state index in [1.165, 1.54) is 7.11 Å². The maximum atomic E-state index is 12.2. The third-order valence-electron chi connectivity index (χ3n) is 2.75. The smallest absolute Gasteiger partial charge is 0.242 e. The lowest BCUT2D eigenvalue weighted by molar-refractivity contribution is 0.0679. The van der Waals surface area contributed by atoms with Gasteiger partial charge in [-0.15, -0.1) is 0 Å². The Morgan fingerprint density at radius 1 is 1.37 bits per heavy atom. The molecular formula is C12H20N2O4S. The highest BCUT2D eigenvalue weighted by molar-refractivity contribution is 7.89. The van der Waals surface area contributed by atoms with Crippen LogP contribution in [0.2, 0.25) is 0 Å². The van der Waals surface area contributed by atoms with Crippen molar-refractivity contribution in [2.45, 2.75) is 24.8 Å². The van der Waals surface area contributed by atoms with Crippen molar-refractivity contribution < 1.29 is 18.3 Å². The quantitative estimate of drug-likeness (QED) is 0.648. The van der Waals surface area contributed by atoms with Crippen molar-refractivity contribution in [3.63, 3.8) is 0 Å². The molecule has 1 rings (SSSR count). The Bertz CT molecular complexity index is 543. The number of methoxy groups -OCH3 is 1. The molecule has 6 nitrogen and oxygen atoms in total. The number of anilines is 1. The van der Waals surface area contributed by atoms with E-state index in [2.05, 4.69) is 4.72 Å². The zero-order valence-electron chi connectivity index (χ0n) is 11.3. The van der Waals surface area contributed by atoms with Crippen LogP contribution in [0.4, 0.5) is 5.69 Å². The number of ether oxygens (including phenoxy) is 1. The second kappa shape index (κ2) is 6.33. The Morgan fingerprint density at radius 3 is 2.53 bits per heavy atom. The largest absolute Gasteiger partial charge is 0.397 e. The predicted molar refractivity (Wildman–Crippen MR) is 73.4 cm³/mol. The second-order valence-corrected chi connectivity index (χ2v) is 6.11. The first-order valence-electron chi connectivity index (χ1n) is 5.82. The normalized spacial score (nSPS) is 13.5. The van der Waals surface area contributed by atoms with Crippen LogP contribution >= 0.6 is 0 Å². The van der Waals surface area contributed by atoms with Crippen LogP contribution in [0, 0.1) is 13.8 Å². The molecule has 0 radical (unpaired) electrons. The number of benzene rings is 1. The summed E-state index contributed by atoms with van der Waals surface area (Å²) in [6.07, 6.45) is -0.897. The van der Waals surface area contributed by atoms with Gasteiger partial charge in [0.15, 0.2) is 0 Å². The van der Waals surface area contributed by atoms with Crippen LogP contribution in [0.15, 0.2) is 17.0 Å². The molecule has 0 amide bonds. The summed E-state index contributed by atoms with van der Waals surface area (Å²) >= 11 is 0. The zero-order valence-corrected chi connectivity index (χ0v) is 12.1. The third kappa shape index (κ3) is 3.90. The molecule has 0 aliphatic heterocycles. The van der Waals surface area contributed by atoms with Crippen LogP contribution in [0.1, 0.15) is 11.1 Å². The van der Waals surface area contributed by atoms with E-state index in [4.69, 9.17) is 10.5 Å². The highest BCUT2D eigenvalue weighted by Crippen LogP contribution is 2.25. The van der Waals surface area contributed by atoms with Crippen molar-refractivity contribution in [3.05, 3.63) is 23.3 Å². The number of nitrogens with two attached hydrogens (primary N) is 1. The summed E-state index contributed by atoms with van der Waals surface area (Å²) in [6.45, 7) is 3.36. The molecule has 0 bridgehead atoms. The van der Waals surface area contributed by atoms with Crippen molar-refractivity contribution >= 4 is 15.7 Å². The lowest BCUT2D eigenvalue weighted by Gasteiger charge is -2.15. The summed E-state index contributed by atoms with van der Waals surface area (Å²) in [6, 6.07) is 3.47. The molecule has 0 aromatic heterocycles. The van der Waals surface area contributed by atoms with Gasteiger partial charge >= 0.3 is 0 Å². The molecule has 4 N–H and O–H groups in total. The van der Waals surface area contributed by atoms with Crippen LogP contribution in [0.3, 0.4) is 0 Å². The monoisotopic (exact) mass is 288 g/mol. The highest BCUT2D eigenvalue weighted by atomic mass is 32.2. The number of hydrogen-bond acceptors (Lipinski definition) is 5. The van der Waals surface area contributed by atoms with Gasteiger partial charge in [0.1, 0.15) is 4.90 Å². The molecule has 1 aromatic rings. The van der Waals surface area contributed by atoms with E-state index in [-0.39, 0.29) is 23.7 Å². The van der Waals surface area contributed by atoms with Crippen LogP contribution in [0.25, 0.3) is 0 Å². The molecule has 1 atom stereocenters. The lowest BCUT2D eigenvalue weighted by Crippen LogP contribution is -2.35. The number of aliphatic hydroxyl groups excluding tert-OH is 1. The Kier molecular flexibility index (Phi) is 5.30. The molecular weight excluding hydrogens is 268 g/mol. The fourth-order valence-electron chi connectivity index (χ4n) is 1.69. The molecule has 0 aliphatic carbocycles. The number of aryl methyl sites for hydroxylation is 2. The van der Waals surface area contributed by atoms with Crippen molar-refractivity contribution in [1.29, 1.82) is 0 Å². The van der Waals surface area contributed by atoms with Gasteiger partial charge in [0, 0.05) is 13.7 Å². The van der Waals surface area contributed by atoms with E-state index >= 15 is 0 Å². The SMILES string of the molecule is COCC(O)CNS(=O)(=O)c1c(C)ccc(C)c1N. The van der Waals surface area contributed by atoms with Crippen LogP contribution in [0.5, 0.6) is 0 Å². The number of aliphatic hydroxyl groups is 1. The van der Waals surface area contributed by atoms with E-state index < -0.39 is 16.1 Å². The van der Waals surface area contributed by atoms with E-state index in [1.807, 2.05) is 0 Å². The molecule has 0 aliphatic rings. The Labute approximate surface area is 113 Å². The molecule has 0 saturated heterocycles. The second-order valence-electron chi connectivity index (χ2n) is 4.40. The highest BCUT2D eigenvalue weighted by Gasteiger charge is 2.21. The molecule has 7 heteroatoms. The predicted octanol–water partition coefficient (Wildman–Crippen LogP) is 0.171. The van der Waals surface area contributed by atoms with E-state index in [0.717, 1.165) is 0 Å². The Hall–Kier alpha value is -1.15. The first-order valence-corrected chi connectivity index (χ1v) is 7.30. The average Bonchev–Trinajstić information content (AvgIpc) is 2.32. The Morgan fingerprint density at radius 2 is 1.95 bits per heavy atom. The zero-order chi connectivity index (χ0) is 14.6. The molecule has 0 fully saturated rings. The van der Waals surface area contributed by atoms with Gasteiger partial charge in [-0.05, 0) is 25.0 Å². The number of rotatable bonds is 6. The van der Waals surface area contributed by atoms with Crippen LogP contribution in [-0.4, -0.2) is 39.9 Å². The van der Waals surface area contributed by atoms with Crippen molar-refractivity contribution in [3.8, 4) is 0 Å².